The first-order chi connectivity index (χ1) is 13.7. The first kappa shape index (κ1) is 18.7. The summed E-state index contributed by atoms with van der Waals surface area (Å²) < 4.78 is 5.75. The molecular weight excluding hydrogens is 352 g/mol. The van der Waals surface area contributed by atoms with E-state index in [1.54, 1.807) is 0 Å². The van der Waals surface area contributed by atoms with Crippen LogP contribution in [0.3, 0.4) is 0 Å². The number of amides is 1. The predicted molar refractivity (Wildman–Crippen MR) is 109 cm³/mol. The van der Waals surface area contributed by atoms with E-state index in [0.29, 0.717) is 19.0 Å². The van der Waals surface area contributed by atoms with Crippen LogP contribution in [0.5, 0.6) is 0 Å². The molecule has 28 heavy (non-hydrogen) atoms. The highest BCUT2D eigenvalue weighted by molar-refractivity contribution is 5.78. The summed E-state index contributed by atoms with van der Waals surface area (Å²) in [5.41, 5.74) is 2.96. The summed E-state index contributed by atoms with van der Waals surface area (Å²) in [5, 5.41) is 0. The van der Waals surface area contributed by atoms with Crippen LogP contribution in [0.25, 0.3) is 11.1 Å². The van der Waals surface area contributed by atoms with E-state index in [9.17, 15) is 4.79 Å². The summed E-state index contributed by atoms with van der Waals surface area (Å²) in [7, 11) is 1.93. The summed E-state index contributed by atoms with van der Waals surface area (Å²) in [4.78, 5) is 23.5. The number of oxazole rings is 1. The Bertz CT molecular complexity index is 883. The molecule has 0 radical (unpaired) electrons. The maximum atomic E-state index is 12.7. The Morgan fingerprint density at radius 3 is 2.50 bits per heavy atom. The zero-order chi connectivity index (χ0) is 19.3. The number of fused-ring (bicyclic) bond motifs is 1. The van der Waals surface area contributed by atoms with E-state index in [4.69, 9.17) is 4.42 Å². The molecule has 1 amide bonds. The number of nitrogens with zero attached hydrogens (tertiary/aromatic N) is 4. The maximum absolute atomic E-state index is 12.7. The molecule has 2 heterocycles. The van der Waals surface area contributed by atoms with E-state index in [2.05, 4.69) is 34.1 Å². The van der Waals surface area contributed by atoms with Gasteiger partial charge in [-0.2, -0.15) is 0 Å². The minimum atomic E-state index is 0.165. The summed E-state index contributed by atoms with van der Waals surface area (Å²) >= 11 is 0. The molecule has 0 bridgehead atoms. The Labute approximate surface area is 165 Å². The second-order valence-electron chi connectivity index (χ2n) is 7.39. The predicted octanol–water partition coefficient (Wildman–Crippen LogP) is 2.60. The molecule has 2 aromatic carbocycles. The lowest BCUT2D eigenvalue weighted by atomic mass is 10.2. The molecule has 4 rings (SSSR count). The van der Waals surface area contributed by atoms with Crippen molar-refractivity contribution in [3.05, 3.63) is 66.1 Å². The van der Waals surface area contributed by atoms with Gasteiger partial charge in [0.1, 0.15) is 5.52 Å². The third-order valence-electron chi connectivity index (χ3n) is 5.12. The fraction of sp³-hybridized carbons (Fsp3) is 0.364. The average molecular weight is 378 g/mol. The molecule has 1 aliphatic rings. The highest BCUT2D eigenvalue weighted by atomic mass is 16.3. The number of hydrogen-bond donors (Lipinski definition) is 0. The van der Waals surface area contributed by atoms with Gasteiger partial charge in [-0.1, -0.05) is 42.5 Å². The highest BCUT2D eigenvalue weighted by Gasteiger charge is 2.22. The van der Waals surface area contributed by atoms with E-state index in [0.717, 1.165) is 43.8 Å². The van der Waals surface area contributed by atoms with Crippen molar-refractivity contribution in [2.45, 2.75) is 13.1 Å². The molecule has 0 spiro atoms. The van der Waals surface area contributed by atoms with Crippen molar-refractivity contribution >= 4 is 17.0 Å². The Balaban J connectivity index is 1.24. The molecule has 1 aliphatic heterocycles. The van der Waals surface area contributed by atoms with Gasteiger partial charge in [-0.3, -0.25) is 14.6 Å². The fourth-order valence-corrected chi connectivity index (χ4v) is 3.60. The van der Waals surface area contributed by atoms with Crippen LogP contribution in [0.1, 0.15) is 11.5 Å². The largest absolute Gasteiger partial charge is 0.439 e. The molecule has 146 valence electrons. The van der Waals surface area contributed by atoms with Crippen LogP contribution >= 0.6 is 0 Å². The molecule has 1 fully saturated rings. The smallest absolute Gasteiger partial charge is 0.236 e. The van der Waals surface area contributed by atoms with Gasteiger partial charge in [-0.25, -0.2) is 4.98 Å². The third-order valence-corrected chi connectivity index (χ3v) is 5.12. The SMILES string of the molecule is CN(CC(=O)N1CCN(Cc2ccccc2)CC1)Cc1nc2ccccc2o1. The first-order valence-corrected chi connectivity index (χ1v) is 9.74. The van der Waals surface area contributed by atoms with Crippen LogP contribution in [-0.2, 0) is 17.9 Å². The van der Waals surface area contributed by atoms with Crippen LogP contribution in [0, 0.1) is 0 Å². The van der Waals surface area contributed by atoms with E-state index in [1.165, 1.54) is 5.56 Å². The number of benzene rings is 2. The molecular formula is C22H26N4O2. The molecule has 3 aromatic rings. The van der Waals surface area contributed by atoms with Gasteiger partial charge in [-0.05, 0) is 24.7 Å². The molecule has 1 aromatic heterocycles. The van der Waals surface area contributed by atoms with Crippen molar-refractivity contribution in [1.29, 1.82) is 0 Å². The van der Waals surface area contributed by atoms with E-state index in [-0.39, 0.29) is 5.91 Å². The lowest BCUT2D eigenvalue weighted by Crippen LogP contribution is -2.50. The molecule has 0 aliphatic carbocycles. The van der Waals surface area contributed by atoms with E-state index < -0.39 is 0 Å². The number of rotatable bonds is 6. The Morgan fingerprint density at radius 1 is 1.04 bits per heavy atom. The van der Waals surface area contributed by atoms with Gasteiger partial charge < -0.3 is 9.32 Å². The number of likely N-dealkylation sites (N-methyl/N-ethyl adjacent to an activating group) is 1. The van der Waals surface area contributed by atoms with Gasteiger partial charge in [0, 0.05) is 32.7 Å². The monoisotopic (exact) mass is 378 g/mol. The molecule has 0 N–H and O–H groups in total. The maximum Gasteiger partial charge on any atom is 0.236 e. The number of hydrogen-bond acceptors (Lipinski definition) is 5. The minimum Gasteiger partial charge on any atom is -0.439 e. The second-order valence-corrected chi connectivity index (χ2v) is 7.39. The van der Waals surface area contributed by atoms with Crippen molar-refractivity contribution in [3.63, 3.8) is 0 Å². The Kier molecular flexibility index (Phi) is 5.69. The normalized spacial score (nSPS) is 15.4. The molecule has 6 heteroatoms. The van der Waals surface area contributed by atoms with Crippen molar-refractivity contribution in [2.24, 2.45) is 0 Å². The van der Waals surface area contributed by atoms with E-state index >= 15 is 0 Å². The summed E-state index contributed by atoms with van der Waals surface area (Å²) in [5.74, 6) is 0.808. The van der Waals surface area contributed by atoms with Crippen LogP contribution in [-0.4, -0.2) is 65.4 Å². The molecule has 0 saturated carbocycles. The van der Waals surface area contributed by atoms with E-state index in [1.807, 2.05) is 47.2 Å². The molecule has 6 nitrogen and oxygen atoms in total. The van der Waals surface area contributed by atoms with Gasteiger partial charge in [-0.15, -0.1) is 0 Å². The van der Waals surface area contributed by atoms with Crippen LogP contribution < -0.4 is 0 Å². The number of carbonyl (C=O) groups excluding carboxylic acids is 1. The van der Waals surface area contributed by atoms with Crippen molar-refractivity contribution in [1.82, 2.24) is 19.7 Å². The minimum absolute atomic E-state index is 0.165. The van der Waals surface area contributed by atoms with Crippen LogP contribution in [0.2, 0.25) is 0 Å². The number of carbonyl (C=O) groups is 1. The van der Waals surface area contributed by atoms with Crippen molar-refractivity contribution < 1.29 is 9.21 Å². The summed E-state index contributed by atoms with van der Waals surface area (Å²) in [6, 6.07) is 18.2. The third kappa shape index (κ3) is 4.58. The molecule has 0 atom stereocenters. The quantitative estimate of drug-likeness (QED) is 0.660. The standard InChI is InChI=1S/C22H26N4O2/c1-24(16-21-23-19-9-5-6-10-20(19)28-21)17-22(27)26-13-11-25(12-14-26)15-18-7-3-2-4-8-18/h2-10H,11-17H2,1H3. The zero-order valence-electron chi connectivity index (χ0n) is 16.3. The van der Waals surface area contributed by atoms with Gasteiger partial charge in [0.25, 0.3) is 0 Å². The second kappa shape index (κ2) is 8.54. The Hall–Kier alpha value is -2.70. The lowest BCUT2D eigenvalue weighted by Gasteiger charge is -2.35. The van der Waals surface area contributed by atoms with Gasteiger partial charge in [0.05, 0.1) is 13.1 Å². The van der Waals surface area contributed by atoms with Crippen LogP contribution in [0.4, 0.5) is 0 Å². The van der Waals surface area contributed by atoms with Crippen molar-refractivity contribution in [3.8, 4) is 0 Å². The fourth-order valence-electron chi connectivity index (χ4n) is 3.60. The van der Waals surface area contributed by atoms with Gasteiger partial charge >= 0.3 is 0 Å². The molecule has 0 unspecified atom stereocenters. The van der Waals surface area contributed by atoms with Crippen LogP contribution in [0.15, 0.2) is 59.0 Å². The average Bonchev–Trinajstić information content (AvgIpc) is 3.11. The number of para-hydroxylation sites is 2. The number of aromatic nitrogens is 1. The summed E-state index contributed by atoms with van der Waals surface area (Å²) in [6.07, 6.45) is 0. The lowest BCUT2D eigenvalue weighted by molar-refractivity contribution is -0.134. The zero-order valence-corrected chi connectivity index (χ0v) is 16.3. The molecule has 1 saturated heterocycles. The summed E-state index contributed by atoms with van der Waals surface area (Å²) in [6.45, 7) is 5.22. The first-order valence-electron chi connectivity index (χ1n) is 9.74. The van der Waals surface area contributed by atoms with Gasteiger partial charge in [0.15, 0.2) is 5.58 Å². The van der Waals surface area contributed by atoms with Crippen molar-refractivity contribution in [2.75, 3.05) is 39.8 Å². The highest BCUT2D eigenvalue weighted by Crippen LogP contribution is 2.16. The Morgan fingerprint density at radius 2 is 1.75 bits per heavy atom. The number of piperazine rings is 1. The topological polar surface area (TPSA) is 52.8 Å². The van der Waals surface area contributed by atoms with Gasteiger partial charge in [0.2, 0.25) is 11.8 Å².